The Kier molecular flexibility index (Phi) is 3.59. The molecule has 0 amide bonds. The summed E-state index contributed by atoms with van der Waals surface area (Å²) in [5, 5.41) is 12.7. The summed E-state index contributed by atoms with van der Waals surface area (Å²) in [5.74, 6) is 2.49. The van der Waals surface area contributed by atoms with Crippen molar-refractivity contribution in [3.8, 4) is 0 Å². The number of nitrogens with zero attached hydrogens (tertiary/aromatic N) is 5. The van der Waals surface area contributed by atoms with Crippen molar-refractivity contribution in [2.24, 2.45) is 5.92 Å². The first-order valence-electron chi connectivity index (χ1n) is 6.18. The van der Waals surface area contributed by atoms with Gasteiger partial charge in [-0.3, -0.25) is 0 Å². The lowest BCUT2D eigenvalue weighted by Gasteiger charge is -2.04. The standard InChI is InChI=1S/C11H15N5OS/c1-2-4-9(3-1)6-18-11-15-14-10(17-11)5-16-8-12-7-13-16/h7-9H,1-6H2. The van der Waals surface area contributed by atoms with Crippen molar-refractivity contribution in [2.75, 3.05) is 5.75 Å². The summed E-state index contributed by atoms with van der Waals surface area (Å²) in [6.07, 6.45) is 8.54. The third-order valence-electron chi connectivity index (χ3n) is 3.13. The van der Waals surface area contributed by atoms with E-state index in [4.69, 9.17) is 4.42 Å². The van der Waals surface area contributed by atoms with E-state index in [-0.39, 0.29) is 0 Å². The highest BCUT2D eigenvalue weighted by Gasteiger charge is 2.17. The zero-order chi connectivity index (χ0) is 12.2. The molecule has 0 N–H and O–H groups in total. The largest absolute Gasteiger partial charge is 0.414 e. The Morgan fingerprint density at radius 2 is 2.22 bits per heavy atom. The summed E-state index contributed by atoms with van der Waals surface area (Å²) in [6.45, 7) is 0.483. The van der Waals surface area contributed by atoms with Crippen LogP contribution >= 0.6 is 11.8 Å². The van der Waals surface area contributed by atoms with Gasteiger partial charge in [0.15, 0.2) is 0 Å². The molecule has 0 unspecified atom stereocenters. The second-order valence-electron chi connectivity index (χ2n) is 4.52. The van der Waals surface area contributed by atoms with Gasteiger partial charge < -0.3 is 4.42 Å². The van der Waals surface area contributed by atoms with E-state index in [0.717, 1.165) is 11.7 Å². The van der Waals surface area contributed by atoms with Crippen molar-refractivity contribution in [1.82, 2.24) is 25.0 Å². The molecule has 0 saturated heterocycles. The van der Waals surface area contributed by atoms with Gasteiger partial charge in [-0.25, -0.2) is 9.67 Å². The van der Waals surface area contributed by atoms with Crippen LogP contribution in [0.1, 0.15) is 31.6 Å². The topological polar surface area (TPSA) is 69.6 Å². The third kappa shape index (κ3) is 2.90. The monoisotopic (exact) mass is 265 g/mol. The van der Waals surface area contributed by atoms with Crippen LogP contribution in [0.5, 0.6) is 0 Å². The molecule has 1 saturated carbocycles. The number of hydrogen-bond donors (Lipinski definition) is 0. The third-order valence-corrected chi connectivity index (χ3v) is 4.18. The van der Waals surface area contributed by atoms with Gasteiger partial charge in [0.25, 0.3) is 5.22 Å². The van der Waals surface area contributed by atoms with E-state index >= 15 is 0 Å². The van der Waals surface area contributed by atoms with Crippen LogP contribution in [0.3, 0.4) is 0 Å². The second-order valence-corrected chi connectivity index (χ2v) is 5.49. The van der Waals surface area contributed by atoms with E-state index in [2.05, 4.69) is 20.3 Å². The summed E-state index contributed by atoms with van der Waals surface area (Å²) in [7, 11) is 0. The van der Waals surface area contributed by atoms with Crippen molar-refractivity contribution < 1.29 is 4.42 Å². The molecule has 1 aliphatic rings. The molecule has 2 aromatic rings. The van der Waals surface area contributed by atoms with Gasteiger partial charge in [-0.2, -0.15) is 5.10 Å². The first kappa shape index (κ1) is 11.7. The Hall–Kier alpha value is -1.37. The minimum Gasteiger partial charge on any atom is -0.414 e. The molecule has 0 spiro atoms. The van der Waals surface area contributed by atoms with Crippen LogP contribution in [0, 0.1) is 5.92 Å². The lowest BCUT2D eigenvalue weighted by Crippen LogP contribution is -1.99. The number of thioether (sulfide) groups is 1. The summed E-state index contributed by atoms with van der Waals surface area (Å²) >= 11 is 1.67. The number of aromatic nitrogens is 5. The van der Waals surface area contributed by atoms with Crippen molar-refractivity contribution in [3.63, 3.8) is 0 Å². The molecule has 2 aromatic heterocycles. The fourth-order valence-electron chi connectivity index (χ4n) is 2.18. The highest BCUT2D eigenvalue weighted by Crippen LogP contribution is 2.30. The fourth-order valence-corrected chi connectivity index (χ4v) is 3.14. The number of hydrogen-bond acceptors (Lipinski definition) is 6. The fraction of sp³-hybridized carbons (Fsp3) is 0.636. The average Bonchev–Trinajstić information content (AvgIpc) is 3.09. The molecule has 0 atom stereocenters. The number of rotatable bonds is 5. The van der Waals surface area contributed by atoms with Crippen molar-refractivity contribution in [3.05, 3.63) is 18.5 Å². The molecule has 7 heteroatoms. The molecule has 1 aliphatic carbocycles. The van der Waals surface area contributed by atoms with Gasteiger partial charge in [0.05, 0.1) is 0 Å². The van der Waals surface area contributed by atoms with E-state index < -0.39 is 0 Å². The smallest absolute Gasteiger partial charge is 0.276 e. The quantitative estimate of drug-likeness (QED) is 0.770. The van der Waals surface area contributed by atoms with Crippen LogP contribution < -0.4 is 0 Å². The zero-order valence-corrected chi connectivity index (χ0v) is 10.8. The highest BCUT2D eigenvalue weighted by molar-refractivity contribution is 7.99. The Bertz CT molecular complexity index is 477. The van der Waals surface area contributed by atoms with Gasteiger partial charge in [-0.15, -0.1) is 10.2 Å². The van der Waals surface area contributed by atoms with Gasteiger partial charge >= 0.3 is 0 Å². The van der Waals surface area contributed by atoms with Gasteiger partial charge in [0, 0.05) is 5.75 Å². The molecule has 0 aliphatic heterocycles. The van der Waals surface area contributed by atoms with Gasteiger partial charge in [0.1, 0.15) is 19.2 Å². The molecule has 18 heavy (non-hydrogen) atoms. The van der Waals surface area contributed by atoms with Crippen LogP contribution in [-0.2, 0) is 6.54 Å². The molecular weight excluding hydrogens is 250 g/mol. The first-order valence-corrected chi connectivity index (χ1v) is 7.16. The highest BCUT2D eigenvalue weighted by atomic mass is 32.2. The molecule has 3 rings (SSSR count). The Labute approximate surface area is 109 Å². The van der Waals surface area contributed by atoms with Gasteiger partial charge in [0.2, 0.25) is 5.89 Å². The summed E-state index contributed by atoms with van der Waals surface area (Å²) in [5.41, 5.74) is 0. The van der Waals surface area contributed by atoms with Crippen LogP contribution in [0.25, 0.3) is 0 Å². The van der Waals surface area contributed by atoms with Gasteiger partial charge in [-0.05, 0) is 18.8 Å². The second kappa shape index (κ2) is 5.51. The maximum atomic E-state index is 5.57. The molecule has 1 fully saturated rings. The summed E-state index contributed by atoms with van der Waals surface area (Å²) in [6, 6.07) is 0. The first-order chi connectivity index (χ1) is 8.90. The Balaban J connectivity index is 1.52. The predicted molar refractivity (Wildman–Crippen MR) is 66.1 cm³/mol. The molecular formula is C11H15N5OS. The van der Waals surface area contributed by atoms with E-state index in [1.807, 2.05) is 0 Å². The normalized spacial score (nSPS) is 16.4. The van der Waals surface area contributed by atoms with E-state index in [0.29, 0.717) is 17.7 Å². The predicted octanol–water partition coefficient (Wildman–Crippen LogP) is 1.99. The molecule has 0 bridgehead atoms. The maximum absolute atomic E-state index is 5.57. The van der Waals surface area contributed by atoms with E-state index in [1.165, 1.54) is 32.0 Å². The molecule has 0 aromatic carbocycles. The maximum Gasteiger partial charge on any atom is 0.276 e. The molecule has 2 heterocycles. The summed E-state index contributed by atoms with van der Waals surface area (Å²) in [4.78, 5) is 3.87. The lowest BCUT2D eigenvalue weighted by atomic mass is 10.1. The van der Waals surface area contributed by atoms with E-state index in [9.17, 15) is 0 Å². The van der Waals surface area contributed by atoms with E-state index in [1.54, 1.807) is 22.8 Å². The molecule has 96 valence electrons. The van der Waals surface area contributed by atoms with Gasteiger partial charge in [-0.1, -0.05) is 24.6 Å². The van der Waals surface area contributed by atoms with Crippen molar-refractivity contribution in [1.29, 1.82) is 0 Å². The van der Waals surface area contributed by atoms with Crippen LogP contribution in [-0.4, -0.2) is 30.7 Å². The van der Waals surface area contributed by atoms with Crippen LogP contribution in [0.2, 0.25) is 0 Å². The van der Waals surface area contributed by atoms with Crippen molar-refractivity contribution >= 4 is 11.8 Å². The minimum absolute atomic E-state index is 0.483. The molecule has 0 radical (unpaired) electrons. The van der Waals surface area contributed by atoms with Crippen LogP contribution in [0.4, 0.5) is 0 Å². The average molecular weight is 265 g/mol. The van der Waals surface area contributed by atoms with Crippen LogP contribution in [0.15, 0.2) is 22.3 Å². The minimum atomic E-state index is 0.483. The molecule has 6 nitrogen and oxygen atoms in total. The Morgan fingerprint density at radius 1 is 1.33 bits per heavy atom. The Morgan fingerprint density at radius 3 is 3.00 bits per heavy atom. The SMILES string of the molecule is c1ncn(Cc2nnc(SCC3CCCC3)o2)n1. The lowest BCUT2D eigenvalue weighted by molar-refractivity contribution is 0.397. The zero-order valence-electron chi connectivity index (χ0n) is 10.0. The van der Waals surface area contributed by atoms with Crippen molar-refractivity contribution in [2.45, 2.75) is 37.5 Å². The summed E-state index contributed by atoms with van der Waals surface area (Å²) < 4.78 is 7.23.